The molecule has 2 aromatic heterocycles. The number of fused-ring (bicyclic) bond motifs is 1. The maximum Gasteiger partial charge on any atom is 0.251 e. The van der Waals surface area contributed by atoms with Gasteiger partial charge in [-0.1, -0.05) is 0 Å². The highest BCUT2D eigenvalue weighted by Crippen LogP contribution is 2.24. The highest BCUT2D eigenvalue weighted by Gasteiger charge is 2.25. The minimum absolute atomic E-state index is 0.0102. The molecule has 23 heavy (non-hydrogen) atoms. The van der Waals surface area contributed by atoms with E-state index in [1.165, 1.54) is 0 Å². The first kappa shape index (κ1) is 14.6. The number of amides is 1. The number of carbonyl (C=O) groups is 1. The van der Waals surface area contributed by atoms with Gasteiger partial charge in [0.05, 0.1) is 15.2 Å². The van der Waals surface area contributed by atoms with E-state index >= 15 is 0 Å². The molecule has 1 amide bonds. The van der Waals surface area contributed by atoms with Crippen LogP contribution in [0.1, 0.15) is 21.8 Å². The normalized spacial score (nSPS) is 17.8. The van der Waals surface area contributed by atoms with E-state index in [1.807, 2.05) is 36.7 Å². The fraction of sp³-hybridized carbons (Fsp3) is 0.312. The number of benzene rings is 1. The summed E-state index contributed by atoms with van der Waals surface area (Å²) in [6.45, 7) is 3.74. The number of nitrogens with zero attached hydrogens (tertiary/aromatic N) is 3. The Balaban J connectivity index is 1.45. The third kappa shape index (κ3) is 2.94. The largest absolute Gasteiger partial charge is 0.347 e. The fourth-order valence-electron chi connectivity index (χ4n) is 2.87. The van der Waals surface area contributed by atoms with Crippen LogP contribution in [-0.4, -0.2) is 35.0 Å². The molecule has 1 fully saturated rings. The summed E-state index contributed by atoms with van der Waals surface area (Å²) in [7, 11) is 0. The minimum atomic E-state index is -0.0102. The van der Waals surface area contributed by atoms with Crippen LogP contribution in [0.15, 0.2) is 29.8 Å². The smallest absolute Gasteiger partial charge is 0.251 e. The molecule has 1 saturated heterocycles. The molecule has 7 heteroatoms. The number of aryl methyl sites for hydroxylation is 1. The van der Waals surface area contributed by atoms with E-state index in [-0.39, 0.29) is 11.9 Å². The zero-order valence-electron chi connectivity index (χ0n) is 12.7. The van der Waals surface area contributed by atoms with Crippen molar-refractivity contribution in [2.75, 3.05) is 18.0 Å². The van der Waals surface area contributed by atoms with Gasteiger partial charge in [-0.15, -0.1) is 22.7 Å². The van der Waals surface area contributed by atoms with Gasteiger partial charge in [-0.25, -0.2) is 9.97 Å². The Morgan fingerprint density at radius 2 is 2.35 bits per heavy atom. The average Bonchev–Trinajstić information content (AvgIpc) is 3.25. The van der Waals surface area contributed by atoms with Crippen LogP contribution in [0.3, 0.4) is 0 Å². The second-order valence-electron chi connectivity index (χ2n) is 5.64. The van der Waals surface area contributed by atoms with Crippen LogP contribution in [0.25, 0.3) is 10.2 Å². The summed E-state index contributed by atoms with van der Waals surface area (Å²) in [5.74, 6) is -0.0102. The van der Waals surface area contributed by atoms with Crippen molar-refractivity contribution in [2.45, 2.75) is 19.4 Å². The van der Waals surface area contributed by atoms with E-state index in [1.54, 1.807) is 22.7 Å². The van der Waals surface area contributed by atoms with Gasteiger partial charge in [0, 0.05) is 36.3 Å². The van der Waals surface area contributed by atoms with Gasteiger partial charge in [0.2, 0.25) is 0 Å². The Morgan fingerprint density at radius 3 is 3.17 bits per heavy atom. The van der Waals surface area contributed by atoms with Crippen molar-refractivity contribution in [3.63, 3.8) is 0 Å². The lowest BCUT2D eigenvalue weighted by Crippen LogP contribution is -2.37. The summed E-state index contributed by atoms with van der Waals surface area (Å²) in [4.78, 5) is 23.5. The van der Waals surface area contributed by atoms with Crippen molar-refractivity contribution in [3.8, 4) is 0 Å². The maximum atomic E-state index is 12.5. The topological polar surface area (TPSA) is 58.1 Å². The summed E-state index contributed by atoms with van der Waals surface area (Å²) in [5.41, 5.74) is 1.66. The summed E-state index contributed by atoms with van der Waals surface area (Å²) < 4.78 is 1.06. The summed E-state index contributed by atoms with van der Waals surface area (Å²) >= 11 is 3.26. The van der Waals surface area contributed by atoms with Crippen LogP contribution in [0, 0.1) is 6.92 Å². The lowest BCUT2D eigenvalue weighted by atomic mass is 10.2. The molecule has 0 bridgehead atoms. The zero-order valence-corrected chi connectivity index (χ0v) is 14.3. The number of anilines is 1. The van der Waals surface area contributed by atoms with Crippen molar-refractivity contribution < 1.29 is 4.79 Å². The molecule has 0 aliphatic carbocycles. The molecule has 118 valence electrons. The molecule has 1 aromatic carbocycles. The van der Waals surface area contributed by atoms with Crippen molar-refractivity contribution >= 4 is 43.9 Å². The van der Waals surface area contributed by atoms with Crippen LogP contribution in [-0.2, 0) is 0 Å². The Hall–Kier alpha value is -1.99. The van der Waals surface area contributed by atoms with Gasteiger partial charge < -0.3 is 10.2 Å². The van der Waals surface area contributed by atoms with Crippen LogP contribution < -0.4 is 10.2 Å². The molecule has 1 aliphatic heterocycles. The van der Waals surface area contributed by atoms with E-state index in [2.05, 4.69) is 20.2 Å². The van der Waals surface area contributed by atoms with Gasteiger partial charge in [-0.3, -0.25) is 4.79 Å². The summed E-state index contributed by atoms with van der Waals surface area (Å²) in [6, 6.07) is 5.88. The quantitative estimate of drug-likeness (QED) is 0.793. The third-order valence-electron chi connectivity index (χ3n) is 3.97. The molecular formula is C16H16N4OS2. The van der Waals surface area contributed by atoms with Gasteiger partial charge in [-0.2, -0.15) is 0 Å². The molecule has 1 N–H and O–H groups in total. The summed E-state index contributed by atoms with van der Waals surface area (Å²) in [6.07, 6.45) is 2.77. The molecule has 4 rings (SSSR count). The summed E-state index contributed by atoms with van der Waals surface area (Å²) in [5, 5.41) is 7.17. The Kier molecular flexibility index (Phi) is 3.74. The second kappa shape index (κ2) is 5.90. The monoisotopic (exact) mass is 344 g/mol. The highest BCUT2D eigenvalue weighted by atomic mass is 32.1. The number of carbonyl (C=O) groups excluding carboxylic acids is 1. The predicted molar refractivity (Wildman–Crippen MR) is 94.6 cm³/mol. The molecule has 0 unspecified atom stereocenters. The van der Waals surface area contributed by atoms with Crippen LogP contribution in [0.4, 0.5) is 5.13 Å². The fourth-order valence-corrected chi connectivity index (χ4v) is 4.42. The predicted octanol–water partition coefficient (Wildman–Crippen LogP) is 3.07. The van der Waals surface area contributed by atoms with Gasteiger partial charge in [0.1, 0.15) is 0 Å². The number of aromatic nitrogens is 2. The van der Waals surface area contributed by atoms with Gasteiger partial charge in [-0.05, 0) is 31.5 Å². The number of nitrogens with one attached hydrogen (secondary N) is 1. The van der Waals surface area contributed by atoms with E-state index in [0.717, 1.165) is 39.9 Å². The van der Waals surface area contributed by atoms with Crippen LogP contribution in [0.2, 0.25) is 0 Å². The minimum Gasteiger partial charge on any atom is -0.347 e. The van der Waals surface area contributed by atoms with Gasteiger partial charge in [0.15, 0.2) is 5.13 Å². The maximum absolute atomic E-state index is 12.5. The molecule has 0 spiro atoms. The average molecular weight is 344 g/mol. The standard InChI is InChI=1S/C16H16N4OS2/c1-10-18-13-3-2-11(8-14(13)23-10)15(21)19-12-4-6-20(9-12)16-17-5-7-22-16/h2-3,5,7-8,12H,4,6,9H2,1H3,(H,19,21)/t12-/m0/s1. The van der Waals surface area contributed by atoms with E-state index < -0.39 is 0 Å². The highest BCUT2D eigenvalue weighted by molar-refractivity contribution is 7.18. The Morgan fingerprint density at radius 1 is 1.43 bits per heavy atom. The SMILES string of the molecule is Cc1nc2ccc(C(=O)N[C@H]3CCN(c4nccs4)C3)cc2s1. The van der Waals surface area contributed by atoms with Gasteiger partial charge in [0.25, 0.3) is 5.91 Å². The molecule has 5 nitrogen and oxygen atoms in total. The Bertz CT molecular complexity index is 843. The van der Waals surface area contributed by atoms with Crippen molar-refractivity contribution in [3.05, 3.63) is 40.3 Å². The molecular weight excluding hydrogens is 328 g/mol. The van der Waals surface area contributed by atoms with E-state index in [9.17, 15) is 4.79 Å². The molecule has 0 radical (unpaired) electrons. The first-order chi connectivity index (χ1) is 11.2. The number of thiazole rings is 2. The van der Waals surface area contributed by atoms with E-state index in [0.29, 0.717) is 5.56 Å². The lowest BCUT2D eigenvalue weighted by Gasteiger charge is -2.15. The number of rotatable bonds is 3. The zero-order chi connectivity index (χ0) is 15.8. The van der Waals surface area contributed by atoms with Gasteiger partial charge >= 0.3 is 0 Å². The molecule has 0 saturated carbocycles. The number of hydrogen-bond donors (Lipinski definition) is 1. The first-order valence-electron chi connectivity index (χ1n) is 7.51. The molecule has 1 atom stereocenters. The van der Waals surface area contributed by atoms with E-state index in [4.69, 9.17) is 0 Å². The van der Waals surface area contributed by atoms with Crippen LogP contribution >= 0.6 is 22.7 Å². The third-order valence-corrected chi connectivity index (χ3v) is 5.74. The van der Waals surface area contributed by atoms with Crippen molar-refractivity contribution in [2.24, 2.45) is 0 Å². The van der Waals surface area contributed by atoms with Crippen molar-refractivity contribution in [1.82, 2.24) is 15.3 Å². The molecule has 3 heterocycles. The Labute approximate surface area is 142 Å². The molecule has 3 aromatic rings. The van der Waals surface area contributed by atoms with Crippen LogP contribution in [0.5, 0.6) is 0 Å². The lowest BCUT2D eigenvalue weighted by molar-refractivity contribution is 0.0940. The van der Waals surface area contributed by atoms with Crippen molar-refractivity contribution in [1.29, 1.82) is 0 Å². The number of hydrogen-bond acceptors (Lipinski definition) is 6. The second-order valence-corrected chi connectivity index (χ2v) is 7.74. The molecule has 1 aliphatic rings. The first-order valence-corrected chi connectivity index (χ1v) is 9.21.